The zero-order valence-electron chi connectivity index (χ0n) is 10.6. The fraction of sp³-hybridized carbons (Fsp3) is 0.571. The predicted molar refractivity (Wildman–Crippen MR) is 65.2 cm³/mol. The Hall–Kier alpha value is -0.960. The zero-order chi connectivity index (χ0) is 13.1. The highest BCUT2D eigenvalue weighted by Crippen LogP contribution is 2.37. The number of rotatable bonds is 5. The maximum absolute atomic E-state index is 12.9. The van der Waals surface area contributed by atoms with Gasteiger partial charge in [-0.3, -0.25) is 0 Å². The number of alkyl halides is 2. The topological polar surface area (TPSA) is 20.2 Å². The van der Waals surface area contributed by atoms with Crippen molar-refractivity contribution in [1.29, 1.82) is 0 Å². The van der Waals surface area contributed by atoms with Gasteiger partial charge in [0, 0.05) is 0 Å². The van der Waals surface area contributed by atoms with Crippen molar-refractivity contribution in [3.8, 4) is 0 Å². The summed E-state index contributed by atoms with van der Waals surface area (Å²) in [5, 5.41) is 10.5. The van der Waals surface area contributed by atoms with E-state index in [1.54, 1.807) is 12.1 Å². The monoisotopic (exact) mass is 242 g/mol. The Kier molecular flexibility index (Phi) is 4.63. The van der Waals surface area contributed by atoms with E-state index in [0.29, 0.717) is 18.4 Å². The third-order valence-corrected chi connectivity index (χ3v) is 3.31. The Morgan fingerprint density at radius 2 is 1.76 bits per heavy atom. The van der Waals surface area contributed by atoms with Crippen LogP contribution in [-0.2, 0) is 5.60 Å². The number of hydrogen-bond donors (Lipinski definition) is 1. The van der Waals surface area contributed by atoms with E-state index >= 15 is 0 Å². The van der Waals surface area contributed by atoms with Crippen LogP contribution in [0.25, 0.3) is 0 Å². The average molecular weight is 242 g/mol. The first-order valence-electron chi connectivity index (χ1n) is 5.99. The molecule has 1 aromatic carbocycles. The smallest absolute Gasteiger partial charge is 0.244 e. The fourth-order valence-corrected chi connectivity index (χ4v) is 2.07. The van der Waals surface area contributed by atoms with Gasteiger partial charge in [-0.15, -0.1) is 0 Å². The van der Waals surface area contributed by atoms with E-state index in [1.165, 1.54) is 6.92 Å². The molecular formula is C14H20F2O. The molecule has 1 N–H and O–H groups in total. The zero-order valence-corrected chi connectivity index (χ0v) is 10.6. The molecule has 17 heavy (non-hydrogen) atoms. The molecule has 0 aliphatic rings. The molecule has 0 radical (unpaired) electrons. The highest BCUT2D eigenvalue weighted by atomic mass is 19.3. The summed E-state index contributed by atoms with van der Waals surface area (Å²) in [5.41, 5.74) is 0.200. The van der Waals surface area contributed by atoms with Gasteiger partial charge in [0.15, 0.2) is 0 Å². The van der Waals surface area contributed by atoms with E-state index in [0.717, 1.165) is 5.56 Å². The molecule has 0 fully saturated rings. The van der Waals surface area contributed by atoms with Crippen molar-refractivity contribution >= 4 is 0 Å². The predicted octanol–water partition coefficient (Wildman–Crippen LogP) is 3.88. The summed E-state index contributed by atoms with van der Waals surface area (Å²) < 4.78 is 25.7. The molecule has 0 amide bonds. The van der Waals surface area contributed by atoms with E-state index < -0.39 is 17.9 Å². The van der Waals surface area contributed by atoms with Gasteiger partial charge in [0.1, 0.15) is 0 Å². The molecular weight excluding hydrogens is 222 g/mol. The van der Waals surface area contributed by atoms with Crippen molar-refractivity contribution in [2.24, 2.45) is 5.92 Å². The van der Waals surface area contributed by atoms with E-state index in [2.05, 4.69) is 0 Å². The molecule has 3 heteroatoms. The Morgan fingerprint density at radius 3 is 2.18 bits per heavy atom. The maximum Gasteiger partial charge on any atom is 0.244 e. The van der Waals surface area contributed by atoms with Crippen LogP contribution in [0.4, 0.5) is 8.78 Å². The standard InChI is InChI=1S/C14H20F2O/c1-4-9-14(17,11(3)13(15)16)12-7-5-10(2)6-8-12/h5-8,11,13,17H,4,9H2,1-3H3. The first-order valence-corrected chi connectivity index (χ1v) is 5.99. The normalized spacial score (nSPS) is 16.9. The minimum absolute atomic E-state index is 0.349. The molecule has 0 heterocycles. The molecule has 1 aromatic rings. The van der Waals surface area contributed by atoms with Crippen LogP contribution >= 0.6 is 0 Å². The lowest BCUT2D eigenvalue weighted by Crippen LogP contribution is -2.37. The Balaban J connectivity index is 3.10. The Labute approximate surface area is 101 Å². The lowest BCUT2D eigenvalue weighted by Gasteiger charge is -2.34. The second-order valence-electron chi connectivity index (χ2n) is 4.66. The summed E-state index contributed by atoms with van der Waals surface area (Å²) in [6.45, 7) is 5.22. The SMILES string of the molecule is CCCC(O)(c1ccc(C)cc1)C(C)C(F)F. The van der Waals surface area contributed by atoms with Gasteiger partial charge in [-0.25, -0.2) is 8.78 Å². The molecule has 0 spiro atoms. The molecule has 2 unspecified atom stereocenters. The second kappa shape index (κ2) is 5.58. The van der Waals surface area contributed by atoms with Crippen LogP contribution in [0.15, 0.2) is 24.3 Å². The van der Waals surface area contributed by atoms with E-state index in [4.69, 9.17) is 0 Å². The highest BCUT2D eigenvalue weighted by molar-refractivity contribution is 5.27. The van der Waals surface area contributed by atoms with Crippen LogP contribution in [0.2, 0.25) is 0 Å². The average Bonchev–Trinajstić information content (AvgIpc) is 2.28. The number of aryl methyl sites for hydroxylation is 1. The van der Waals surface area contributed by atoms with Crippen molar-refractivity contribution in [3.05, 3.63) is 35.4 Å². The van der Waals surface area contributed by atoms with Gasteiger partial charge in [-0.1, -0.05) is 50.1 Å². The van der Waals surface area contributed by atoms with Gasteiger partial charge < -0.3 is 5.11 Å². The number of benzene rings is 1. The van der Waals surface area contributed by atoms with Gasteiger partial charge in [0.2, 0.25) is 6.43 Å². The second-order valence-corrected chi connectivity index (χ2v) is 4.66. The molecule has 0 aliphatic heterocycles. The van der Waals surface area contributed by atoms with Gasteiger partial charge in [0.05, 0.1) is 11.5 Å². The largest absolute Gasteiger partial charge is 0.385 e. The highest BCUT2D eigenvalue weighted by Gasteiger charge is 2.39. The van der Waals surface area contributed by atoms with E-state index in [9.17, 15) is 13.9 Å². The molecule has 96 valence electrons. The molecule has 0 aliphatic carbocycles. The van der Waals surface area contributed by atoms with Crippen molar-refractivity contribution in [3.63, 3.8) is 0 Å². The van der Waals surface area contributed by atoms with Crippen molar-refractivity contribution < 1.29 is 13.9 Å². The number of hydrogen-bond acceptors (Lipinski definition) is 1. The van der Waals surface area contributed by atoms with Crippen LogP contribution in [0, 0.1) is 12.8 Å². The van der Waals surface area contributed by atoms with Crippen LogP contribution < -0.4 is 0 Å². The van der Waals surface area contributed by atoms with E-state index in [-0.39, 0.29) is 0 Å². The minimum Gasteiger partial charge on any atom is -0.385 e. The summed E-state index contributed by atoms with van der Waals surface area (Å²) >= 11 is 0. The van der Waals surface area contributed by atoms with Gasteiger partial charge in [-0.05, 0) is 18.9 Å². The summed E-state index contributed by atoms with van der Waals surface area (Å²) in [6, 6.07) is 7.16. The Bertz CT molecular complexity index is 348. The lowest BCUT2D eigenvalue weighted by molar-refractivity contribution is -0.0879. The maximum atomic E-state index is 12.9. The van der Waals surface area contributed by atoms with Crippen LogP contribution in [0.1, 0.15) is 37.8 Å². The molecule has 2 atom stereocenters. The summed E-state index contributed by atoms with van der Waals surface area (Å²) in [7, 11) is 0. The van der Waals surface area contributed by atoms with Crippen LogP contribution in [-0.4, -0.2) is 11.5 Å². The van der Waals surface area contributed by atoms with E-state index in [1.807, 2.05) is 26.0 Å². The van der Waals surface area contributed by atoms with Crippen molar-refractivity contribution in [2.75, 3.05) is 0 Å². The first kappa shape index (κ1) is 14.1. The summed E-state index contributed by atoms with van der Waals surface area (Å²) in [5.74, 6) is -1.06. The van der Waals surface area contributed by atoms with Gasteiger partial charge in [0.25, 0.3) is 0 Å². The molecule has 0 bridgehead atoms. The number of aliphatic hydroxyl groups is 1. The lowest BCUT2D eigenvalue weighted by atomic mass is 9.79. The quantitative estimate of drug-likeness (QED) is 0.830. The fourth-order valence-electron chi connectivity index (χ4n) is 2.07. The third-order valence-electron chi connectivity index (χ3n) is 3.31. The molecule has 0 aromatic heterocycles. The molecule has 1 nitrogen and oxygen atoms in total. The molecule has 0 saturated heterocycles. The first-order chi connectivity index (χ1) is 7.91. The van der Waals surface area contributed by atoms with Gasteiger partial charge >= 0.3 is 0 Å². The minimum atomic E-state index is -2.52. The van der Waals surface area contributed by atoms with Gasteiger partial charge in [-0.2, -0.15) is 0 Å². The summed E-state index contributed by atoms with van der Waals surface area (Å²) in [4.78, 5) is 0. The van der Waals surface area contributed by atoms with Crippen molar-refractivity contribution in [1.82, 2.24) is 0 Å². The van der Waals surface area contributed by atoms with Crippen LogP contribution in [0.3, 0.4) is 0 Å². The Morgan fingerprint density at radius 1 is 1.24 bits per heavy atom. The third kappa shape index (κ3) is 3.03. The summed E-state index contributed by atoms with van der Waals surface area (Å²) in [6.07, 6.45) is -1.50. The molecule has 1 rings (SSSR count). The molecule has 0 saturated carbocycles. The number of halogens is 2. The van der Waals surface area contributed by atoms with Crippen LogP contribution in [0.5, 0.6) is 0 Å². The van der Waals surface area contributed by atoms with Crippen molar-refractivity contribution in [2.45, 2.75) is 45.6 Å².